The van der Waals surface area contributed by atoms with Crippen LogP contribution in [-0.2, 0) is 17.8 Å². The van der Waals surface area contributed by atoms with Crippen LogP contribution in [0.5, 0.6) is 0 Å². The number of fused-ring (bicyclic) bond motifs is 1. The van der Waals surface area contributed by atoms with Gasteiger partial charge in [0.05, 0.1) is 6.54 Å². The van der Waals surface area contributed by atoms with Gasteiger partial charge in [0.2, 0.25) is 0 Å². The summed E-state index contributed by atoms with van der Waals surface area (Å²) in [5.41, 5.74) is 2.32. The molecule has 1 aromatic carbocycles. The predicted octanol–water partition coefficient (Wildman–Crippen LogP) is 1.78. The number of benzene rings is 1. The fraction of sp³-hybridized carbons (Fsp3) is 0.364. The molecule has 0 saturated carbocycles. The van der Waals surface area contributed by atoms with E-state index in [1.807, 2.05) is 17.0 Å². The van der Waals surface area contributed by atoms with Crippen LogP contribution in [0, 0.1) is 0 Å². The van der Waals surface area contributed by atoms with Gasteiger partial charge in [0.15, 0.2) is 0 Å². The SMILES string of the molecule is O=C(O)CN1CCc2cccc(Cl)c2C1. The van der Waals surface area contributed by atoms with Crippen molar-refractivity contribution in [1.82, 2.24) is 4.90 Å². The molecule has 1 heterocycles. The van der Waals surface area contributed by atoms with Crippen molar-refractivity contribution in [3.05, 3.63) is 34.3 Å². The summed E-state index contributed by atoms with van der Waals surface area (Å²) in [6.45, 7) is 1.52. The fourth-order valence-corrected chi connectivity index (χ4v) is 2.18. The summed E-state index contributed by atoms with van der Waals surface area (Å²) in [6.07, 6.45) is 0.878. The number of carboxylic acids is 1. The zero-order valence-corrected chi connectivity index (χ0v) is 9.00. The number of aliphatic carboxylic acids is 1. The van der Waals surface area contributed by atoms with Crippen LogP contribution >= 0.6 is 11.6 Å². The number of carbonyl (C=O) groups is 1. The second-order valence-electron chi connectivity index (χ2n) is 3.73. The lowest BCUT2D eigenvalue weighted by molar-refractivity contribution is -0.138. The molecule has 0 fully saturated rings. The minimum absolute atomic E-state index is 0.0880. The van der Waals surface area contributed by atoms with Gasteiger partial charge < -0.3 is 5.11 Å². The van der Waals surface area contributed by atoms with E-state index in [4.69, 9.17) is 16.7 Å². The Morgan fingerprint density at radius 2 is 2.33 bits per heavy atom. The molecule has 0 bridgehead atoms. The molecule has 1 aromatic rings. The molecule has 0 radical (unpaired) electrons. The number of hydrogen-bond donors (Lipinski definition) is 1. The minimum Gasteiger partial charge on any atom is -0.480 e. The Morgan fingerprint density at radius 3 is 3.07 bits per heavy atom. The van der Waals surface area contributed by atoms with Crippen LogP contribution in [0.2, 0.25) is 5.02 Å². The molecular weight excluding hydrogens is 214 g/mol. The summed E-state index contributed by atoms with van der Waals surface area (Å²) in [7, 11) is 0. The van der Waals surface area contributed by atoms with Crippen LogP contribution in [0.25, 0.3) is 0 Å². The van der Waals surface area contributed by atoms with Crippen molar-refractivity contribution in [3.63, 3.8) is 0 Å². The Hall–Kier alpha value is -1.06. The Morgan fingerprint density at radius 1 is 1.53 bits per heavy atom. The van der Waals surface area contributed by atoms with Crippen LogP contribution in [0.4, 0.5) is 0 Å². The van der Waals surface area contributed by atoms with Crippen LogP contribution in [0.3, 0.4) is 0 Å². The molecule has 0 unspecified atom stereocenters. The normalized spacial score (nSPS) is 16.1. The van der Waals surface area contributed by atoms with E-state index in [0.29, 0.717) is 6.54 Å². The lowest BCUT2D eigenvalue weighted by Gasteiger charge is -2.27. The second-order valence-corrected chi connectivity index (χ2v) is 4.14. The third-order valence-electron chi connectivity index (χ3n) is 2.65. The van der Waals surface area contributed by atoms with E-state index in [1.54, 1.807) is 0 Å². The highest BCUT2D eigenvalue weighted by Gasteiger charge is 2.19. The molecule has 0 aliphatic carbocycles. The summed E-state index contributed by atoms with van der Waals surface area (Å²) in [5, 5.41) is 9.45. The Balaban J connectivity index is 2.18. The first-order valence-corrected chi connectivity index (χ1v) is 5.25. The van der Waals surface area contributed by atoms with Gasteiger partial charge in [-0.2, -0.15) is 0 Å². The van der Waals surface area contributed by atoms with Crippen molar-refractivity contribution in [3.8, 4) is 0 Å². The van der Waals surface area contributed by atoms with E-state index in [2.05, 4.69) is 6.07 Å². The average molecular weight is 226 g/mol. The van der Waals surface area contributed by atoms with Crippen LogP contribution < -0.4 is 0 Å². The number of rotatable bonds is 2. The molecule has 0 amide bonds. The first-order valence-electron chi connectivity index (χ1n) is 4.87. The van der Waals surface area contributed by atoms with Gasteiger partial charge in [-0.1, -0.05) is 23.7 Å². The monoisotopic (exact) mass is 225 g/mol. The van der Waals surface area contributed by atoms with Gasteiger partial charge in [0, 0.05) is 18.1 Å². The van der Waals surface area contributed by atoms with Crippen LogP contribution in [0.1, 0.15) is 11.1 Å². The number of nitrogens with zero attached hydrogens (tertiary/aromatic N) is 1. The molecule has 80 valence electrons. The first kappa shape index (κ1) is 10.5. The number of hydrogen-bond acceptors (Lipinski definition) is 2. The quantitative estimate of drug-likeness (QED) is 0.834. The maximum Gasteiger partial charge on any atom is 0.317 e. The van der Waals surface area contributed by atoms with E-state index in [9.17, 15) is 4.79 Å². The molecule has 4 heteroatoms. The van der Waals surface area contributed by atoms with E-state index in [0.717, 1.165) is 23.6 Å². The van der Waals surface area contributed by atoms with Gasteiger partial charge >= 0.3 is 5.97 Å². The Kier molecular flexibility index (Phi) is 2.93. The molecule has 2 rings (SSSR count). The average Bonchev–Trinajstić information content (AvgIpc) is 2.18. The molecule has 1 aliphatic heterocycles. The molecule has 1 aliphatic rings. The summed E-state index contributed by atoms with van der Waals surface area (Å²) in [6, 6.07) is 5.85. The van der Waals surface area contributed by atoms with Crippen molar-refractivity contribution in [2.24, 2.45) is 0 Å². The Labute approximate surface area is 93.3 Å². The highest BCUT2D eigenvalue weighted by atomic mass is 35.5. The van der Waals surface area contributed by atoms with Gasteiger partial charge in [0.1, 0.15) is 0 Å². The van der Waals surface area contributed by atoms with E-state index < -0.39 is 5.97 Å². The third-order valence-corrected chi connectivity index (χ3v) is 3.01. The van der Waals surface area contributed by atoms with Gasteiger partial charge in [-0.05, 0) is 23.6 Å². The van der Waals surface area contributed by atoms with E-state index in [1.165, 1.54) is 5.56 Å². The standard InChI is InChI=1S/C11H12ClNO2/c12-10-3-1-2-8-4-5-13(6-9(8)10)7-11(14)15/h1-3H,4-7H2,(H,14,15). The predicted molar refractivity (Wildman–Crippen MR) is 58.1 cm³/mol. The van der Waals surface area contributed by atoms with Gasteiger partial charge in [-0.3, -0.25) is 9.69 Å². The van der Waals surface area contributed by atoms with Crippen LogP contribution in [0.15, 0.2) is 18.2 Å². The molecule has 1 N–H and O–H groups in total. The fourth-order valence-electron chi connectivity index (χ4n) is 1.92. The zero-order valence-electron chi connectivity index (χ0n) is 8.24. The third kappa shape index (κ3) is 2.30. The lowest BCUT2D eigenvalue weighted by Crippen LogP contribution is -2.34. The van der Waals surface area contributed by atoms with Crippen molar-refractivity contribution in [2.75, 3.05) is 13.1 Å². The molecule has 0 saturated heterocycles. The van der Waals surface area contributed by atoms with Crippen molar-refractivity contribution in [2.45, 2.75) is 13.0 Å². The minimum atomic E-state index is -0.787. The van der Waals surface area contributed by atoms with Crippen molar-refractivity contribution >= 4 is 17.6 Å². The van der Waals surface area contributed by atoms with E-state index in [-0.39, 0.29) is 6.54 Å². The topological polar surface area (TPSA) is 40.5 Å². The summed E-state index contributed by atoms with van der Waals surface area (Å²) in [5.74, 6) is -0.787. The summed E-state index contributed by atoms with van der Waals surface area (Å²) < 4.78 is 0. The maximum atomic E-state index is 10.6. The number of carboxylic acid groups (broad SMARTS) is 1. The van der Waals surface area contributed by atoms with Gasteiger partial charge in [0.25, 0.3) is 0 Å². The summed E-state index contributed by atoms with van der Waals surface area (Å²) >= 11 is 6.07. The highest BCUT2D eigenvalue weighted by molar-refractivity contribution is 6.31. The second kappa shape index (κ2) is 4.21. The first-order chi connectivity index (χ1) is 7.16. The molecule has 3 nitrogen and oxygen atoms in total. The number of halogens is 1. The largest absolute Gasteiger partial charge is 0.480 e. The lowest BCUT2D eigenvalue weighted by atomic mass is 10.00. The molecule has 0 spiro atoms. The maximum absolute atomic E-state index is 10.6. The van der Waals surface area contributed by atoms with Gasteiger partial charge in [-0.15, -0.1) is 0 Å². The van der Waals surface area contributed by atoms with Crippen LogP contribution in [-0.4, -0.2) is 29.1 Å². The smallest absolute Gasteiger partial charge is 0.317 e. The van der Waals surface area contributed by atoms with Crippen molar-refractivity contribution in [1.29, 1.82) is 0 Å². The summed E-state index contributed by atoms with van der Waals surface area (Å²) in [4.78, 5) is 12.5. The van der Waals surface area contributed by atoms with Gasteiger partial charge in [-0.25, -0.2) is 0 Å². The molecular formula is C11H12ClNO2. The zero-order chi connectivity index (χ0) is 10.8. The molecule has 15 heavy (non-hydrogen) atoms. The Bertz CT molecular complexity index is 392. The van der Waals surface area contributed by atoms with E-state index >= 15 is 0 Å². The molecule has 0 atom stereocenters. The molecule has 0 aromatic heterocycles. The van der Waals surface area contributed by atoms with Crippen molar-refractivity contribution < 1.29 is 9.90 Å². The highest BCUT2D eigenvalue weighted by Crippen LogP contribution is 2.25.